The molecule has 0 saturated heterocycles. The highest BCUT2D eigenvalue weighted by Crippen LogP contribution is 2.17. The molecule has 0 spiro atoms. The van der Waals surface area contributed by atoms with E-state index >= 15 is 0 Å². The molecule has 0 amide bonds. The molecule has 0 aliphatic rings. The summed E-state index contributed by atoms with van der Waals surface area (Å²) in [7, 11) is -0.330. The number of rotatable bonds is 4. The van der Waals surface area contributed by atoms with Gasteiger partial charge in [-0.15, -0.1) is 0 Å². The van der Waals surface area contributed by atoms with Crippen LogP contribution in [-0.4, -0.2) is 26.8 Å². The van der Waals surface area contributed by atoms with Gasteiger partial charge in [-0.3, -0.25) is 11.3 Å². The Balaban J connectivity index is 3.05. The maximum Gasteiger partial charge on any atom is 0.242 e. The minimum Gasteiger partial charge on any atom is -0.271 e. The molecule has 0 saturated carbocycles. The topological polar surface area (TPSA) is 75.4 Å². The number of nitrogens with zero attached hydrogens (tertiary/aromatic N) is 1. The summed E-state index contributed by atoms with van der Waals surface area (Å²) in [6, 6.07) is 6.66. The standard InChI is InChI=1S/C10H17N3O2S/c1-8(12-11)9-4-6-10(7-5-9)16(14,15)13(2)3/h4-8,12H,11H2,1-3H3. The van der Waals surface area contributed by atoms with Crippen molar-refractivity contribution < 1.29 is 8.42 Å². The van der Waals surface area contributed by atoms with E-state index in [0.29, 0.717) is 0 Å². The summed E-state index contributed by atoms with van der Waals surface area (Å²) < 4.78 is 24.7. The van der Waals surface area contributed by atoms with Crippen molar-refractivity contribution in [3.8, 4) is 0 Å². The highest BCUT2D eigenvalue weighted by molar-refractivity contribution is 7.89. The molecule has 1 aromatic carbocycles. The third-order valence-corrected chi connectivity index (χ3v) is 4.24. The zero-order chi connectivity index (χ0) is 12.3. The predicted molar refractivity (Wildman–Crippen MR) is 63.1 cm³/mol. The SMILES string of the molecule is CC(NN)c1ccc(S(=O)(=O)N(C)C)cc1. The van der Waals surface area contributed by atoms with Crippen LogP contribution in [0.2, 0.25) is 0 Å². The first kappa shape index (κ1) is 13.1. The van der Waals surface area contributed by atoms with E-state index in [9.17, 15) is 8.42 Å². The third-order valence-electron chi connectivity index (χ3n) is 2.41. The van der Waals surface area contributed by atoms with Crippen molar-refractivity contribution in [1.82, 2.24) is 9.73 Å². The number of hydrogen-bond donors (Lipinski definition) is 2. The maximum absolute atomic E-state index is 11.8. The molecule has 5 nitrogen and oxygen atoms in total. The molecule has 0 bridgehead atoms. The molecule has 0 aromatic heterocycles. The van der Waals surface area contributed by atoms with Gasteiger partial charge >= 0.3 is 0 Å². The van der Waals surface area contributed by atoms with E-state index in [1.165, 1.54) is 18.4 Å². The number of nitrogens with one attached hydrogen (secondary N) is 1. The summed E-state index contributed by atoms with van der Waals surface area (Å²) in [6.07, 6.45) is 0. The lowest BCUT2D eigenvalue weighted by molar-refractivity contribution is 0.520. The summed E-state index contributed by atoms with van der Waals surface area (Å²) in [5.74, 6) is 5.30. The van der Waals surface area contributed by atoms with Crippen LogP contribution in [0.3, 0.4) is 0 Å². The molecule has 0 radical (unpaired) electrons. The van der Waals surface area contributed by atoms with Gasteiger partial charge < -0.3 is 0 Å². The maximum atomic E-state index is 11.8. The molecule has 0 fully saturated rings. The summed E-state index contributed by atoms with van der Waals surface area (Å²) in [6.45, 7) is 1.90. The quantitative estimate of drug-likeness (QED) is 0.595. The monoisotopic (exact) mass is 243 g/mol. The van der Waals surface area contributed by atoms with Gasteiger partial charge in [-0.05, 0) is 24.6 Å². The fourth-order valence-corrected chi connectivity index (χ4v) is 2.14. The van der Waals surface area contributed by atoms with Crippen LogP contribution in [-0.2, 0) is 10.0 Å². The molecular formula is C10H17N3O2S. The Bertz CT molecular complexity index is 440. The van der Waals surface area contributed by atoms with E-state index in [-0.39, 0.29) is 10.9 Å². The van der Waals surface area contributed by atoms with Crippen LogP contribution in [0.4, 0.5) is 0 Å². The first-order chi connectivity index (χ1) is 7.39. The average molecular weight is 243 g/mol. The largest absolute Gasteiger partial charge is 0.271 e. The van der Waals surface area contributed by atoms with Crippen LogP contribution >= 0.6 is 0 Å². The molecule has 90 valence electrons. The second-order valence-electron chi connectivity index (χ2n) is 3.74. The Hall–Kier alpha value is -0.950. The van der Waals surface area contributed by atoms with Crippen molar-refractivity contribution in [2.45, 2.75) is 17.9 Å². The smallest absolute Gasteiger partial charge is 0.242 e. The van der Waals surface area contributed by atoms with E-state index in [0.717, 1.165) is 5.56 Å². The second-order valence-corrected chi connectivity index (χ2v) is 5.90. The molecule has 0 aliphatic heterocycles. The Morgan fingerprint density at radius 1 is 1.25 bits per heavy atom. The van der Waals surface area contributed by atoms with Gasteiger partial charge in [0.25, 0.3) is 0 Å². The normalized spacial score (nSPS) is 14.1. The van der Waals surface area contributed by atoms with Crippen LogP contribution in [0.5, 0.6) is 0 Å². The van der Waals surface area contributed by atoms with Crippen LogP contribution in [0.1, 0.15) is 18.5 Å². The van der Waals surface area contributed by atoms with E-state index < -0.39 is 10.0 Å². The highest BCUT2D eigenvalue weighted by atomic mass is 32.2. The van der Waals surface area contributed by atoms with Crippen LogP contribution in [0.25, 0.3) is 0 Å². The fourth-order valence-electron chi connectivity index (χ4n) is 1.24. The molecule has 0 aliphatic carbocycles. The number of sulfonamides is 1. The molecule has 1 unspecified atom stereocenters. The van der Waals surface area contributed by atoms with Gasteiger partial charge in [-0.25, -0.2) is 12.7 Å². The Morgan fingerprint density at radius 3 is 2.12 bits per heavy atom. The minimum absolute atomic E-state index is 0.00360. The molecule has 6 heteroatoms. The molecule has 16 heavy (non-hydrogen) atoms. The Morgan fingerprint density at radius 2 is 1.75 bits per heavy atom. The van der Waals surface area contributed by atoms with Gasteiger partial charge in [-0.1, -0.05) is 12.1 Å². The van der Waals surface area contributed by atoms with Crippen LogP contribution in [0.15, 0.2) is 29.2 Å². The average Bonchev–Trinajstić information content (AvgIpc) is 2.28. The molecule has 1 atom stereocenters. The van der Waals surface area contributed by atoms with Gasteiger partial charge in [0.05, 0.1) is 4.90 Å². The number of hydrazine groups is 1. The van der Waals surface area contributed by atoms with Crippen molar-refractivity contribution in [2.24, 2.45) is 5.84 Å². The van der Waals surface area contributed by atoms with Gasteiger partial charge in [0.1, 0.15) is 0 Å². The Labute approximate surface area is 96.3 Å². The van der Waals surface area contributed by atoms with Crippen molar-refractivity contribution >= 4 is 10.0 Å². The van der Waals surface area contributed by atoms with E-state index in [1.807, 2.05) is 6.92 Å². The van der Waals surface area contributed by atoms with Crippen molar-refractivity contribution in [3.05, 3.63) is 29.8 Å². The summed E-state index contributed by atoms with van der Waals surface area (Å²) in [5.41, 5.74) is 3.55. The van der Waals surface area contributed by atoms with Crippen molar-refractivity contribution in [2.75, 3.05) is 14.1 Å². The third kappa shape index (κ3) is 2.59. The van der Waals surface area contributed by atoms with E-state index in [4.69, 9.17) is 5.84 Å². The zero-order valence-corrected chi connectivity index (χ0v) is 10.5. The van der Waals surface area contributed by atoms with Crippen molar-refractivity contribution in [1.29, 1.82) is 0 Å². The van der Waals surface area contributed by atoms with Gasteiger partial charge in [0.2, 0.25) is 10.0 Å². The minimum atomic E-state index is -3.34. The second kappa shape index (κ2) is 4.92. The van der Waals surface area contributed by atoms with Gasteiger partial charge in [-0.2, -0.15) is 0 Å². The lowest BCUT2D eigenvalue weighted by Crippen LogP contribution is -2.26. The zero-order valence-electron chi connectivity index (χ0n) is 9.64. The number of nitrogens with two attached hydrogens (primary N) is 1. The molecular weight excluding hydrogens is 226 g/mol. The lowest BCUT2D eigenvalue weighted by atomic mass is 10.1. The van der Waals surface area contributed by atoms with Gasteiger partial charge in [0, 0.05) is 20.1 Å². The first-order valence-corrected chi connectivity index (χ1v) is 6.32. The van der Waals surface area contributed by atoms with E-state index in [1.54, 1.807) is 24.3 Å². The summed E-state index contributed by atoms with van der Waals surface area (Å²) in [4.78, 5) is 0.283. The fraction of sp³-hybridized carbons (Fsp3) is 0.400. The Kier molecular flexibility index (Phi) is 4.03. The summed E-state index contributed by atoms with van der Waals surface area (Å²) in [5, 5.41) is 0. The van der Waals surface area contributed by atoms with Gasteiger partial charge in [0.15, 0.2) is 0 Å². The molecule has 1 aromatic rings. The van der Waals surface area contributed by atoms with Crippen molar-refractivity contribution in [3.63, 3.8) is 0 Å². The number of hydrogen-bond acceptors (Lipinski definition) is 4. The predicted octanol–water partition coefficient (Wildman–Crippen LogP) is 0.461. The van der Waals surface area contributed by atoms with Crippen LogP contribution in [0, 0.1) is 0 Å². The number of benzene rings is 1. The molecule has 3 N–H and O–H groups in total. The highest BCUT2D eigenvalue weighted by Gasteiger charge is 2.16. The molecule has 0 heterocycles. The summed E-state index contributed by atoms with van der Waals surface area (Å²) >= 11 is 0. The van der Waals surface area contributed by atoms with Crippen LogP contribution < -0.4 is 11.3 Å². The lowest BCUT2D eigenvalue weighted by Gasteiger charge is -2.13. The van der Waals surface area contributed by atoms with E-state index in [2.05, 4.69) is 5.43 Å². The first-order valence-electron chi connectivity index (χ1n) is 4.88. The molecule has 1 rings (SSSR count).